The van der Waals surface area contributed by atoms with Crippen LogP contribution in [-0.2, 0) is 4.79 Å². The predicted octanol–water partition coefficient (Wildman–Crippen LogP) is 3.80. The number of aryl methyl sites for hydroxylation is 1. The third-order valence-corrected chi connectivity index (χ3v) is 3.15. The van der Waals surface area contributed by atoms with E-state index in [4.69, 9.17) is 9.47 Å². The Bertz CT molecular complexity index is 625. The number of amides is 1. The third-order valence-electron chi connectivity index (χ3n) is 3.15. The van der Waals surface area contributed by atoms with Crippen molar-refractivity contribution in [2.45, 2.75) is 20.3 Å². The quantitative estimate of drug-likeness (QED) is 0.846. The fraction of sp³-hybridized carbons (Fsp3) is 0.278. The highest BCUT2D eigenvalue weighted by Gasteiger charge is 2.07. The molecule has 4 heteroatoms. The van der Waals surface area contributed by atoms with Crippen molar-refractivity contribution >= 4 is 11.6 Å². The number of ether oxygens (including phenoxy) is 2. The number of hydrogen-bond donors (Lipinski definition) is 1. The number of carbonyl (C=O) groups excluding carboxylic acids is 1. The molecular formula is C18H21NO3. The van der Waals surface area contributed by atoms with E-state index >= 15 is 0 Å². The maximum atomic E-state index is 11.9. The lowest BCUT2D eigenvalue weighted by Crippen LogP contribution is -2.16. The molecule has 0 atom stereocenters. The normalized spacial score (nSPS) is 10.1. The molecule has 0 radical (unpaired) electrons. The molecule has 0 bridgehead atoms. The zero-order valence-corrected chi connectivity index (χ0v) is 13.0. The minimum absolute atomic E-state index is 0.0665. The Labute approximate surface area is 131 Å². The van der Waals surface area contributed by atoms with Gasteiger partial charge in [-0.25, -0.2) is 0 Å². The van der Waals surface area contributed by atoms with E-state index in [9.17, 15) is 4.79 Å². The highest BCUT2D eigenvalue weighted by molar-refractivity contribution is 5.91. The summed E-state index contributed by atoms with van der Waals surface area (Å²) in [6.07, 6.45) is 0.287. The highest BCUT2D eigenvalue weighted by Crippen LogP contribution is 2.26. The van der Waals surface area contributed by atoms with Gasteiger partial charge in [0.25, 0.3) is 0 Å². The summed E-state index contributed by atoms with van der Waals surface area (Å²) in [5.74, 6) is 1.29. The van der Waals surface area contributed by atoms with Crippen LogP contribution >= 0.6 is 0 Å². The summed E-state index contributed by atoms with van der Waals surface area (Å²) in [6, 6.07) is 15.2. The van der Waals surface area contributed by atoms with Crippen LogP contribution in [-0.4, -0.2) is 19.1 Å². The molecule has 116 valence electrons. The van der Waals surface area contributed by atoms with Crippen molar-refractivity contribution in [3.63, 3.8) is 0 Å². The average molecular weight is 299 g/mol. The lowest BCUT2D eigenvalue weighted by Gasteiger charge is -2.12. The largest absolute Gasteiger partial charge is 0.490 e. The first-order valence-corrected chi connectivity index (χ1v) is 7.41. The topological polar surface area (TPSA) is 47.6 Å². The van der Waals surface area contributed by atoms with Gasteiger partial charge in [-0.3, -0.25) is 4.79 Å². The van der Waals surface area contributed by atoms with Crippen LogP contribution in [0.2, 0.25) is 0 Å². The second kappa shape index (κ2) is 8.08. The van der Waals surface area contributed by atoms with E-state index in [1.165, 1.54) is 0 Å². The molecule has 0 aliphatic carbocycles. The van der Waals surface area contributed by atoms with Gasteiger partial charge in [0.1, 0.15) is 0 Å². The lowest BCUT2D eigenvalue weighted by atomic mass is 10.2. The average Bonchev–Trinajstić information content (AvgIpc) is 2.51. The lowest BCUT2D eigenvalue weighted by molar-refractivity contribution is -0.116. The first-order chi connectivity index (χ1) is 10.7. The van der Waals surface area contributed by atoms with Crippen LogP contribution in [0.15, 0.2) is 48.5 Å². The number of rotatable bonds is 7. The number of nitrogens with one attached hydrogen (secondary N) is 1. The van der Waals surface area contributed by atoms with Crippen LogP contribution in [0.25, 0.3) is 0 Å². The Balaban J connectivity index is 1.84. The molecule has 0 aromatic heterocycles. The molecule has 2 rings (SSSR count). The van der Waals surface area contributed by atoms with Gasteiger partial charge in [0.15, 0.2) is 11.5 Å². The predicted molar refractivity (Wildman–Crippen MR) is 87.5 cm³/mol. The van der Waals surface area contributed by atoms with Crippen LogP contribution < -0.4 is 14.8 Å². The summed E-state index contributed by atoms with van der Waals surface area (Å²) in [5, 5.41) is 2.89. The summed E-state index contributed by atoms with van der Waals surface area (Å²) in [5.41, 5.74) is 1.88. The SMILES string of the molecule is CCOc1ccccc1OCCC(=O)Nc1ccccc1C. The molecular weight excluding hydrogens is 278 g/mol. The standard InChI is InChI=1S/C18H21NO3/c1-3-21-16-10-6-7-11-17(16)22-13-12-18(20)19-15-9-5-4-8-14(15)2/h4-11H,3,12-13H2,1-2H3,(H,19,20). The molecule has 0 saturated heterocycles. The smallest absolute Gasteiger partial charge is 0.227 e. The Morgan fingerprint density at radius 3 is 2.32 bits per heavy atom. The van der Waals surface area contributed by atoms with Gasteiger partial charge in [-0.1, -0.05) is 30.3 Å². The van der Waals surface area contributed by atoms with Crippen molar-refractivity contribution in [2.75, 3.05) is 18.5 Å². The fourth-order valence-corrected chi connectivity index (χ4v) is 2.02. The molecule has 0 saturated carbocycles. The molecule has 1 N–H and O–H groups in total. The molecule has 0 unspecified atom stereocenters. The van der Waals surface area contributed by atoms with Gasteiger partial charge in [0.2, 0.25) is 5.91 Å². The second-order valence-corrected chi connectivity index (χ2v) is 4.84. The second-order valence-electron chi connectivity index (χ2n) is 4.84. The van der Waals surface area contributed by atoms with Crippen LogP contribution in [0.5, 0.6) is 11.5 Å². The monoisotopic (exact) mass is 299 g/mol. The molecule has 2 aromatic carbocycles. The van der Waals surface area contributed by atoms with Crippen LogP contribution in [0, 0.1) is 6.92 Å². The Hall–Kier alpha value is -2.49. The first-order valence-electron chi connectivity index (χ1n) is 7.41. The minimum atomic E-state index is -0.0665. The van der Waals surface area contributed by atoms with E-state index in [-0.39, 0.29) is 12.3 Å². The van der Waals surface area contributed by atoms with E-state index < -0.39 is 0 Å². The van der Waals surface area contributed by atoms with Crippen molar-refractivity contribution in [1.82, 2.24) is 0 Å². The summed E-state index contributed by atoms with van der Waals surface area (Å²) in [4.78, 5) is 11.9. The zero-order valence-electron chi connectivity index (χ0n) is 13.0. The first kappa shape index (κ1) is 15.9. The van der Waals surface area contributed by atoms with Crippen LogP contribution in [0.3, 0.4) is 0 Å². The van der Waals surface area contributed by atoms with E-state index in [1.807, 2.05) is 62.4 Å². The van der Waals surface area contributed by atoms with Gasteiger partial charge in [0, 0.05) is 5.69 Å². The Morgan fingerprint density at radius 1 is 1.00 bits per heavy atom. The maximum absolute atomic E-state index is 11.9. The molecule has 4 nitrogen and oxygen atoms in total. The van der Waals surface area contributed by atoms with Gasteiger partial charge in [0.05, 0.1) is 19.6 Å². The molecule has 2 aromatic rings. The van der Waals surface area contributed by atoms with Gasteiger partial charge in [-0.2, -0.15) is 0 Å². The third kappa shape index (κ3) is 4.52. The number of carbonyl (C=O) groups is 1. The van der Waals surface area contributed by atoms with E-state index in [2.05, 4.69) is 5.32 Å². The van der Waals surface area contributed by atoms with Gasteiger partial charge in [-0.05, 0) is 37.6 Å². The van der Waals surface area contributed by atoms with Crippen LogP contribution in [0.4, 0.5) is 5.69 Å². The van der Waals surface area contributed by atoms with Crippen LogP contribution in [0.1, 0.15) is 18.9 Å². The van der Waals surface area contributed by atoms with Crippen molar-refractivity contribution < 1.29 is 14.3 Å². The zero-order chi connectivity index (χ0) is 15.8. The summed E-state index contributed by atoms with van der Waals surface area (Å²) in [6.45, 7) is 4.77. The molecule has 0 aliphatic heterocycles. The summed E-state index contributed by atoms with van der Waals surface area (Å²) < 4.78 is 11.1. The summed E-state index contributed by atoms with van der Waals surface area (Å²) >= 11 is 0. The number of para-hydroxylation sites is 3. The number of benzene rings is 2. The number of anilines is 1. The number of hydrogen-bond acceptors (Lipinski definition) is 3. The molecule has 0 spiro atoms. The Morgan fingerprint density at radius 2 is 1.64 bits per heavy atom. The van der Waals surface area contributed by atoms with Crippen molar-refractivity contribution in [3.05, 3.63) is 54.1 Å². The maximum Gasteiger partial charge on any atom is 0.227 e. The van der Waals surface area contributed by atoms with Crippen molar-refractivity contribution in [1.29, 1.82) is 0 Å². The van der Waals surface area contributed by atoms with Crippen molar-refractivity contribution in [3.8, 4) is 11.5 Å². The molecule has 0 heterocycles. The Kier molecular flexibility index (Phi) is 5.83. The van der Waals surface area contributed by atoms with E-state index in [0.29, 0.717) is 24.7 Å². The fourth-order valence-electron chi connectivity index (χ4n) is 2.02. The minimum Gasteiger partial charge on any atom is -0.490 e. The highest BCUT2D eigenvalue weighted by atomic mass is 16.5. The van der Waals surface area contributed by atoms with Crippen molar-refractivity contribution in [2.24, 2.45) is 0 Å². The molecule has 1 amide bonds. The van der Waals surface area contributed by atoms with Gasteiger partial charge in [-0.15, -0.1) is 0 Å². The van der Waals surface area contributed by atoms with Gasteiger partial charge >= 0.3 is 0 Å². The summed E-state index contributed by atoms with van der Waals surface area (Å²) in [7, 11) is 0. The van der Waals surface area contributed by atoms with E-state index in [0.717, 1.165) is 11.3 Å². The molecule has 0 aliphatic rings. The van der Waals surface area contributed by atoms with Gasteiger partial charge < -0.3 is 14.8 Å². The molecule has 0 fully saturated rings. The van der Waals surface area contributed by atoms with E-state index in [1.54, 1.807) is 0 Å². The molecule has 22 heavy (non-hydrogen) atoms.